The van der Waals surface area contributed by atoms with Crippen LogP contribution >= 0.6 is 0 Å². The first-order valence-corrected chi connectivity index (χ1v) is 3.61. The molecule has 2 rings (SSSR count). The van der Waals surface area contributed by atoms with Gasteiger partial charge in [-0.25, -0.2) is 8.78 Å². The van der Waals surface area contributed by atoms with Crippen LogP contribution in [0.3, 0.4) is 0 Å². The van der Waals surface area contributed by atoms with Crippen LogP contribution in [0.2, 0.25) is 0 Å². The molecule has 0 spiro atoms. The first-order chi connectivity index (χ1) is 5.61. The van der Waals surface area contributed by atoms with Crippen LogP contribution in [0.5, 0.6) is 0 Å². The average Bonchev–Trinajstić information content (AvgIpc) is 2.24. The highest BCUT2D eigenvalue weighted by Gasteiger charge is 2.47. The molecule has 0 saturated heterocycles. The van der Waals surface area contributed by atoms with E-state index in [2.05, 4.69) is 4.98 Å². The molecule has 0 fully saturated rings. The molecule has 4 heteroatoms. The number of aliphatic hydroxyl groups excluding tert-OH is 1. The summed E-state index contributed by atoms with van der Waals surface area (Å²) >= 11 is 0. The Labute approximate surface area is 67.9 Å². The predicted octanol–water partition coefficient (Wildman–Crippen LogP) is 1.31. The predicted molar refractivity (Wildman–Crippen MR) is 37.8 cm³/mol. The summed E-state index contributed by atoms with van der Waals surface area (Å²) in [6, 6.07) is 3.15. The fourth-order valence-corrected chi connectivity index (χ4v) is 1.40. The van der Waals surface area contributed by atoms with Gasteiger partial charge in [-0.2, -0.15) is 0 Å². The molecule has 0 radical (unpaired) electrons. The number of aliphatic hydroxyl groups is 1. The fraction of sp³-hybridized carbons (Fsp3) is 0.375. The zero-order chi connectivity index (χ0) is 8.77. The smallest absolute Gasteiger partial charge is 0.283 e. The van der Waals surface area contributed by atoms with E-state index in [0.717, 1.165) is 0 Å². The van der Waals surface area contributed by atoms with Crippen LogP contribution in [0.25, 0.3) is 0 Å². The van der Waals surface area contributed by atoms with Gasteiger partial charge in [0.2, 0.25) is 0 Å². The van der Waals surface area contributed by atoms with Gasteiger partial charge in [0.25, 0.3) is 5.92 Å². The lowest BCUT2D eigenvalue weighted by atomic mass is 10.2. The number of pyridine rings is 1. The van der Waals surface area contributed by atoms with E-state index in [-0.39, 0.29) is 5.69 Å². The van der Waals surface area contributed by atoms with Crippen LogP contribution in [-0.2, 0) is 6.42 Å². The Kier molecular flexibility index (Phi) is 1.41. The molecule has 1 aliphatic rings. The zero-order valence-electron chi connectivity index (χ0n) is 6.17. The van der Waals surface area contributed by atoms with Gasteiger partial charge in [-0.15, -0.1) is 0 Å². The standard InChI is InChI=1S/C8H7F2NO/c9-8(10)4-5-2-1-3-11-6(5)7(8)12/h1-3,7,12H,4H2. The SMILES string of the molecule is OC1c2ncccc2CC1(F)F. The number of hydrogen-bond donors (Lipinski definition) is 1. The molecule has 0 amide bonds. The van der Waals surface area contributed by atoms with Crippen molar-refractivity contribution in [3.05, 3.63) is 29.6 Å². The summed E-state index contributed by atoms with van der Waals surface area (Å²) in [5, 5.41) is 9.10. The highest BCUT2D eigenvalue weighted by Crippen LogP contribution is 2.41. The summed E-state index contributed by atoms with van der Waals surface area (Å²) in [6.07, 6.45) is -0.727. The largest absolute Gasteiger partial charge is 0.380 e. The van der Waals surface area contributed by atoms with Crippen molar-refractivity contribution in [2.24, 2.45) is 0 Å². The van der Waals surface area contributed by atoms with Crippen molar-refractivity contribution in [1.82, 2.24) is 4.98 Å². The van der Waals surface area contributed by atoms with E-state index in [1.165, 1.54) is 6.20 Å². The molecule has 0 aliphatic heterocycles. The second-order valence-electron chi connectivity index (χ2n) is 2.89. The third-order valence-electron chi connectivity index (χ3n) is 2.01. The maximum atomic E-state index is 12.8. The zero-order valence-corrected chi connectivity index (χ0v) is 6.17. The van der Waals surface area contributed by atoms with E-state index in [4.69, 9.17) is 5.11 Å². The lowest BCUT2D eigenvalue weighted by Gasteiger charge is -2.11. The average molecular weight is 171 g/mol. The van der Waals surface area contributed by atoms with Gasteiger partial charge in [0.15, 0.2) is 6.10 Å². The number of alkyl halides is 2. The minimum absolute atomic E-state index is 0.113. The summed E-state index contributed by atoms with van der Waals surface area (Å²) in [6.45, 7) is 0. The van der Waals surface area contributed by atoms with Crippen LogP contribution in [0, 0.1) is 0 Å². The highest BCUT2D eigenvalue weighted by molar-refractivity contribution is 5.30. The molecule has 1 aromatic rings. The van der Waals surface area contributed by atoms with Crippen LogP contribution < -0.4 is 0 Å². The molecular formula is C8H7F2NO. The maximum Gasteiger partial charge on any atom is 0.283 e. The van der Waals surface area contributed by atoms with Gasteiger partial charge >= 0.3 is 0 Å². The maximum absolute atomic E-state index is 12.8. The minimum atomic E-state index is -3.04. The van der Waals surface area contributed by atoms with Crippen molar-refractivity contribution >= 4 is 0 Å². The van der Waals surface area contributed by atoms with Gasteiger partial charge in [0, 0.05) is 12.6 Å². The Morgan fingerprint density at radius 1 is 1.58 bits per heavy atom. The van der Waals surface area contributed by atoms with Crippen molar-refractivity contribution in [2.75, 3.05) is 0 Å². The quantitative estimate of drug-likeness (QED) is 0.638. The molecule has 2 nitrogen and oxygen atoms in total. The molecule has 1 N–H and O–H groups in total. The summed E-state index contributed by atoms with van der Waals surface area (Å²) in [5.41, 5.74) is 0.553. The third kappa shape index (κ3) is 0.914. The van der Waals surface area contributed by atoms with E-state index >= 15 is 0 Å². The monoisotopic (exact) mass is 171 g/mol. The summed E-state index contributed by atoms with van der Waals surface area (Å²) in [4.78, 5) is 3.71. The topological polar surface area (TPSA) is 33.1 Å². The summed E-state index contributed by atoms with van der Waals surface area (Å²) in [5.74, 6) is -3.04. The second kappa shape index (κ2) is 2.23. The van der Waals surface area contributed by atoms with Gasteiger partial charge in [-0.3, -0.25) is 4.98 Å². The molecule has 1 heterocycles. The van der Waals surface area contributed by atoms with Crippen LogP contribution in [0.1, 0.15) is 17.4 Å². The molecule has 0 aromatic carbocycles. The molecule has 1 aromatic heterocycles. The fourth-order valence-electron chi connectivity index (χ4n) is 1.40. The molecule has 1 atom stereocenters. The number of halogens is 2. The van der Waals surface area contributed by atoms with Gasteiger partial charge in [-0.1, -0.05) is 6.07 Å². The lowest BCUT2D eigenvalue weighted by Crippen LogP contribution is -2.21. The molecule has 0 saturated carbocycles. The van der Waals surface area contributed by atoms with Crippen molar-refractivity contribution < 1.29 is 13.9 Å². The molecule has 64 valence electrons. The first kappa shape index (κ1) is 7.61. The van der Waals surface area contributed by atoms with Gasteiger partial charge in [0.1, 0.15) is 0 Å². The van der Waals surface area contributed by atoms with Crippen LogP contribution in [-0.4, -0.2) is 16.0 Å². The van der Waals surface area contributed by atoms with Crippen molar-refractivity contribution in [3.63, 3.8) is 0 Å². The number of nitrogens with zero attached hydrogens (tertiary/aromatic N) is 1. The van der Waals surface area contributed by atoms with E-state index in [1.807, 2.05) is 0 Å². The van der Waals surface area contributed by atoms with Crippen molar-refractivity contribution in [3.8, 4) is 0 Å². The van der Waals surface area contributed by atoms with Crippen molar-refractivity contribution in [2.45, 2.75) is 18.4 Å². The van der Waals surface area contributed by atoms with Crippen molar-refractivity contribution in [1.29, 1.82) is 0 Å². The summed E-state index contributed by atoms with van der Waals surface area (Å²) < 4.78 is 25.7. The number of aromatic nitrogens is 1. The normalized spacial score (nSPS) is 25.4. The first-order valence-electron chi connectivity index (χ1n) is 3.61. The van der Waals surface area contributed by atoms with Gasteiger partial charge < -0.3 is 5.11 Å². The second-order valence-corrected chi connectivity index (χ2v) is 2.89. The van der Waals surface area contributed by atoms with E-state index in [9.17, 15) is 8.78 Å². The van der Waals surface area contributed by atoms with E-state index in [1.54, 1.807) is 12.1 Å². The molecule has 12 heavy (non-hydrogen) atoms. The Morgan fingerprint density at radius 2 is 2.33 bits per heavy atom. The van der Waals surface area contributed by atoms with Gasteiger partial charge in [0.05, 0.1) is 5.69 Å². The Balaban J connectivity index is 2.49. The third-order valence-corrected chi connectivity index (χ3v) is 2.01. The number of rotatable bonds is 0. The number of fused-ring (bicyclic) bond motifs is 1. The van der Waals surface area contributed by atoms with Crippen LogP contribution in [0.4, 0.5) is 8.78 Å². The Morgan fingerprint density at radius 3 is 3.00 bits per heavy atom. The molecule has 0 bridgehead atoms. The summed E-state index contributed by atoms with van der Waals surface area (Å²) in [7, 11) is 0. The molecule has 1 unspecified atom stereocenters. The minimum Gasteiger partial charge on any atom is -0.380 e. The van der Waals surface area contributed by atoms with E-state index in [0.29, 0.717) is 5.56 Å². The lowest BCUT2D eigenvalue weighted by molar-refractivity contribution is -0.0980. The van der Waals surface area contributed by atoms with Gasteiger partial charge in [-0.05, 0) is 11.6 Å². The Bertz CT molecular complexity index is 314. The van der Waals surface area contributed by atoms with Crippen LogP contribution in [0.15, 0.2) is 18.3 Å². The van der Waals surface area contributed by atoms with E-state index < -0.39 is 18.4 Å². The Hall–Kier alpha value is -1.03. The number of hydrogen-bond acceptors (Lipinski definition) is 2. The molecular weight excluding hydrogens is 164 g/mol. The molecule has 1 aliphatic carbocycles. The highest BCUT2D eigenvalue weighted by atomic mass is 19.3.